The average molecular weight is 395 g/mol. The van der Waals surface area contributed by atoms with E-state index >= 15 is 0 Å². The molecule has 0 bridgehead atoms. The van der Waals surface area contributed by atoms with Crippen molar-refractivity contribution in [1.82, 2.24) is 10.6 Å². The third kappa shape index (κ3) is 15.7. The number of halogens is 4. The van der Waals surface area contributed by atoms with Crippen molar-refractivity contribution in [2.24, 2.45) is 4.99 Å². The van der Waals surface area contributed by atoms with Crippen LogP contribution in [0.5, 0.6) is 0 Å². The number of hydrogen-bond acceptors (Lipinski definition) is 1. The van der Waals surface area contributed by atoms with Crippen molar-refractivity contribution >= 4 is 29.9 Å². The van der Waals surface area contributed by atoms with Crippen molar-refractivity contribution in [1.29, 1.82) is 0 Å². The lowest BCUT2D eigenvalue weighted by Crippen LogP contribution is -2.39. The van der Waals surface area contributed by atoms with Crippen LogP contribution < -0.4 is 10.6 Å². The first kappa shape index (κ1) is 21.1. The second-order valence-electron chi connectivity index (χ2n) is 4.11. The van der Waals surface area contributed by atoms with Crippen molar-refractivity contribution in [3.8, 4) is 0 Å². The summed E-state index contributed by atoms with van der Waals surface area (Å²) >= 11 is 0. The highest BCUT2D eigenvalue weighted by molar-refractivity contribution is 14.0. The van der Waals surface area contributed by atoms with Gasteiger partial charge in [0.05, 0.1) is 6.42 Å². The van der Waals surface area contributed by atoms with Gasteiger partial charge in [-0.05, 0) is 13.3 Å². The Bertz CT molecular complexity index is 233. The van der Waals surface area contributed by atoms with Gasteiger partial charge >= 0.3 is 6.18 Å². The van der Waals surface area contributed by atoms with Crippen LogP contribution in [0.2, 0.25) is 0 Å². The molecular formula is C12H25F3IN3. The Morgan fingerprint density at radius 1 is 1.05 bits per heavy atom. The smallest absolute Gasteiger partial charge is 0.357 e. The highest BCUT2D eigenvalue weighted by Gasteiger charge is 2.26. The molecule has 0 radical (unpaired) electrons. The molecule has 0 amide bonds. The minimum absolute atomic E-state index is 0. The largest absolute Gasteiger partial charge is 0.390 e. The Morgan fingerprint density at radius 3 is 2.26 bits per heavy atom. The molecule has 0 aliphatic carbocycles. The van der Waals surface area contributed by atoms with Crippen LogP contribution in [-0.4, -0.2) is 31.8 Å². The first-order valence-corrected chi connectivity index (χ1v) is 6.58. The number of nitrogens with zero attached hydrogens (tertiary/aromatic N) is 1. The van der Waals surface area contributed by atoms with E-state index in [1.165, 1.54) is 6.42 Å². The number of hydrogen-bond donors (Lipinski definition) is 2. The van der Waals surface area contributed by atoms with Crippen LogP contribution in [-0.2, 0) is 0 Å². The van der Waals surface area contributed by atoms with Gasteiger partial charge in [-0.1, -0.05) is 26.2 Å². The Morgan fingerprint density at radius 2 is 1.74 bits per heavy atom. The fraction of sp³-hybridized carbons (Fsp3) is 0.917. The van der Waals surface area contributed by atoms with Gasteiger partial charge in [0.1, 0.15) is 0 Å². The van der Waals surface area contributed by atoms with Crippen LogP contribution in [0.1, 0.15) is 46.0 Å². The van der Waals surface area contributed by atoms with Crippen LogP contribution in [0.3, 0.4) is 0 Å². The van der Waals surface area contributed by atoms with Crippen LogP contribution in [0.15, 0.2) is 4.99 Å². The Kier molecular flexibility index (Phi) is 14.2. The summed E-state index contributed by atoms with van der Waals surface area (Å²) in [5.41, 5.74) is 0. The van der Waals surface area contributed by atoms with E-state index in [1.54, 1.807) is 0 Å². The lowest BCUT2D eigenvalue weighted by Gasteiger charge is -2.12. The molecule has 0 saturated heterocycles. The third-order valence-corrected chi connectivity index (χ3v) is 2.33. The summed E-state index contributed by atoms with van der Waals surface area (Å²) in [5, 5.41) is 5.62. The molecule has 2 N–H and O–H groups in total. The van der Waals surface area contributed by atoms with E-state index in [4.69, 9.17) is 0 Å². The minimum atomic E-state index is -4.12. The summed E-state index contributed by atoms with van der Waals surface area (Å²) < 4.78 is 35.9. The van der Waals surface area contributed by atoms with Crippen molar-refractivity contribution < 1.29 is 13.2 Å². The summed E-state index contributed by atoms with van der Waals surface area (Å²) in [6, 6.07) is 0. The van der Waals surface area contributed by atoms with Gasteiger partial charge in [0.2, 0.25) is 0 Å². The van der Waals surface area contributed by atoms with E-state index < -0.39 is 12.6 Å². The number of aliphatic imine (C=N–C) groups is 1. The highest BCUT2D eigenvalue weighted by Crippen LogP contribution is 2.17. The number of unbranched alkanes of at least 4 members (excludes halogenated alkanes) is 3. The van der Waals surface area contributed by atoms with E-state index in [1.807, 2.05) is 6.92 Å². The van der Waals surface area contributed by atoms with Gasteiger partial charge in [0.15, 0.2) is 5.96 Å². The molecule has 7 heteroatoms. The summed E-state index contributed by atoms with van der Waals surface area (Å²) in [5.74, 6) is 0.471. The molecule has 0 aliphatic rings. The molecule has 0 aliphatic heterocycles. The molecule has 0 heterocycles. The lowest BCUT2D eigenvalue weighted by molar-refractivity contribution is -0.132. The highest BCUT2D eigenvalue weighted by atomic mass is 127. The molecular weight excluding hydrogens is 370 g/mol. The van der Waals surface area contributed by atoms with Crippen LogP contribution >= 0.6 is 24.0 Å². The third-order valence-electron chi connectivity index (χ3n) is 2.33. The van der Waals surface area contributed by atoms with E-state index in [-0.39, 0.29) is 30.5 Å². The zero-order valence-corrected chi connectivity index (χ0v) is 14.0. The van der Waals surface area contributed by atoms with E-state index in [0.29, 0.717) is 19.0 Å². The standard InChI is InChI=1S/C12H24F3N3.HI/c1-3-5-6-7-9-17-11(16-4-2)18-10-8-12(13,14)15;/h3-10H2,1-2H3,(H2,16,17,18);1H. The summed E-state index contributed by atoms with van der Waals surface area (Å²) in [7, 11) is 0. The van der Waals surface area contributed by atoms with Crippen LogP contribution in [0, 0.1) is 0 Å². The van der Waals surface area contributed by atoms with Gasteiger partial charge in [-0.3, -0.25) is 4.99 Å². The van der Waals surface area contributed by atoms with Crippen molar-refractivity contribution in [3.05, 3.63) is 0 Å². The molecule has 0 spiro atoms. The molecule has 19 heavy (non-hydrogen) atoms. The maximum absolute atomic E-state index is 12.0. The van der Waals surface area contributed by atoms with Crippen molar-refractivity contribution in [3.63, 3.8) is 0 Å². The normalized spacial score (nSPS) is 11.9. The zero-order valence-electron chi connectivity index (χ0n) is 11.6. The summed E-state index contributed by atoms with van der Waals surface area (Å²) in [6.45, 7) is 5.18. The van der Waals surface area contributed by atoms with Gasteiger partial charge in [-0.25, -0.2) is 0 Å². The molecule has 3 nitrogen and oxygen atoms in total. The van der Waals surface area contributed by atoms with Crippen molar-refractivity contribution in [2.75, 3.05) is 19.6 Å². The average Bonchev–Trinajstić information content (AvgIpc) is 2.27. The van der Waals surface area contributed by atoms with Crippen LogP contribution in [0.25, 0.3) is 0 Å². The monoisotopic (exact) mass is 395 g/mol. The maximum atomic E-state index is 12.0. The SMILES string of the molecule is CCCCCCN=C(NCC)NCCC(F)(F)F.I. The second kappa shape index (κ2) is 12.8. The quantitative estimate of drug-likeness (QED) is 0.285. The second-order valence-corrected chi connectivity index (χ2v) is 4.11. The van der Waals surface area contributed by atoms with Gasteiger partial charge < -0.3 is 10.6 Å². The number of rotatable bonds is 8. The Hall–Kier alpha value is -0.210. The van der Waals surface area contributed by atoms with Gasteiger partial charge in [-0.15, -0.1) is 24.0 Å². The predicted octanol–water partition coefficient (Wildman–Crippen LogP) is 3.69. The summed E-state index contributed by atoms with van der Waals surface area (Å²) in [6.07, 6.45) is -0.536. The van der Waals surface area contributed by atoms with Gasteiger partial charge in [0, 0.05) is 19.6 Å². The van der Waals surface area contributed by atoms with Gasteiger partial charge in [-0.2, -0.15) is 13.2 Å². The molecule has 0 rings (SSSR count). The van der Waals surface area contributed by atoms with E-state index in [9.17, 15) is 13.2 Å². The van der Waals surface area contributed by atoms with Gasteiger partial charge in [0.25, 0.3) is 0 Å². The molecule has 0 aromatic rings. The topological polar surface area (TPSA) is 36.4 Å². The molecule has 116 valence electrons. The molecule has 0 fully saturated rings. The molecule has 0 unspecified atom stereocenters. The molecule has 0 saturated carbocycles. The molecule has 0 aromatic carbocycles. The molecule has 0 atom stereocenters. The number of guanidine groups is 1. The molecule has 0 aromatic heterocycles. The Labute approximate surface area is 130 Å². The van der Waals surface area contributed by atoms with Crippen LogP contribution in [0.4, 0.5) is 13.2 Å². The van der Waals surface area contributed by atoms with Crippen molar-refractivity contribution in [2.45, 2.75) is 52.1 Å². The predicted molar refractivity (Wildman–Crippen MR) is 84.2 cm³/mol. The van der Waals surface area contributed by atoms with E-state index in [2.05, 4.69) is 22.5 Å². The Balaban J connectivity index is 0. The number of alkyl halides is 3. The first-order valence-electron chi connectivity index (χ1n) is 6.58. The van der Waals surface area contributed by atoms with E-state index in [0.717, 1.165) is 19.3 Å². The fourth-order valence-corrected chi connectivity index (χ4v) is 1.39. The maximum Gasteiger partial charge on any atom is 0.390 e. The fourth-order valence-electron chi connectivity index (χ4n) is 1.39. The lowest BCUT2D eigenvalue weighted by atomic mass is 10.2. The minimum Gasteiger partial charge on any atom is -0.357 e. The zero-order chi connectivity index (χ0) is 13.9. The summed E-state index contributed by atoms with van der Waals surface area (Å²) in [4.78, 5) is 4.23. The first-order chi connectivity index (χ1) is 8.49. The number of nitrogens with one attached hydrogen (secondary N) is 2.